The number of rotatable bonds is 5. The Kier molecular flexibility index (Phi) is 4.31. The molecule has 2 rings (SSSR count). The van der Waals surface area contributed by atoms with E-state index in [0.29, 0.717) is 22.9 Å². The van der Waals surface area contributed by atoms with Gasteiger partial charge in [-0.3, -0.25) is 0 Å². The average molecular weight is 291 g/mol. The molecule has 6 nitrogen and oxygen atoms in total. The van der Waals surface area contributed by atoms with E-state index in [1.165, 1.54) is 26.6 Å². The number of ether oxygens (including phenoxy) is 3. The summed E-state index contributed by atoms with van der Waals surface area (Å²) in [6.07, 6.45) is 2.97. The van der Waals surface area contributed by atoms with Crippen molar-refractivity contribution < 1.29 is 14.2 Å². The van der Waals surface area contributed by atoms with Gasteiger partial charge in [0.25, 0.3) is 0 Å². The van der Waals surface area contributed by atoms with Gasteiger partial charge in [-0.1, -0.05) is 18.3 Å². The monoisotopic (exact) mass is 291 g/mol. The van der Waals surface area contributed by atoms with Gasteiger partial charge in [0.1, 0.15) is 4.99 Å². The summed E-state index contributed by atoms with van der Waals surface area (Å²) >= 11 is 4.92. The van der Waals surface area contributed by atoms with Crippen molar-refractivity contribution in [2.24, 2.45) is 5.73 Å². The fraction of sp³-hybridized carbons (Fsp3) is 0.154. The molecule has 0 unspecified atom stereocenters. The highest BCUT2D eigenvalue weighted by Crippen LogP contribution is 2.39. The number of hydrogen-bond donors (Lipinski definition) is 1. The average Bonchev–Trinajstić information content (AvgIpc) is 2.47. The zero-order valence-corrected chi connectivity index (χ0v) is 11.8. The molecule has 0 saturated heterocycles. The summed E-state index contributed by atoms with van der Waals surface area (Å²) in [4.78, 5) is 8.23. The zero-order chi connectivity index (χ0) is 14.5. The molecule has 0 saturated carbocycles. The van der Waals surface area contributed by atoms with Crippen LogP contribution in [0.3, 0.4) is 0 Å². The van der Waals surface area contributed by atoms with Crippen LogP contribution in [0.5, 0.6) is 23.1 Å². The standard InChI is InChI=1S/C13H13N3O3S/c1-17-8-4-3-5-9(18-2)11(8)19-13-10(12(14)20)15-6-7-16-13/h3-7H,1-2H3,(H2,14,20). The molecular formula is C13H13N3O3S. The zero-order valence-electron chi connectivity index (χ0n) is 11.0. The number of benzene rings is 1. The van der Waals surface area contributed by atoms with Gasteiger partial charge in [-0.25, -0.2) is 9.97 Å². The number of thiocarbonyl (C=S) groups is 1. The molecule has 0 atom stereocenters. The molecule has 0 amide bonds. The number of nitrogens with zero attached hydrogens (tertiary/aromatic N) is 2. The normalized spacial score (nSPS) is 9.90. The Morgan fingerprint density at radius 1 is 1.10 bits per heavy atom. The van der Waals surface area contributed by atoms with Crippen LogP contribution >= 0.6 is 12.2 Å². The van der Waals surface area contributed by atoms with Gasteiger partial charge in [-0.2, -0.15) is 0 Å². The van der Waals surface area contributed by atoms with Gasteiger partial charge in [0.15, 0.2) is 17.2 Å². The molecule has 0 radical (unpaired) electrons. The van der Waals surface area contributed by atoms with Crippen molar-refractivity contribution in [3.63, 3.8) is 0 Å². The van der Waals surface area contributed by atoms with E-state index in [0.717, 1.165) is 0 Å². The van der Waals surface area contributed by atoms with Crippen LogP contribution in [0.25, 0.3) is 0 Å². The number of nitrogens with two attached hydrogens (primary N) is 1. The van der Waals surface area contributed by atoms with Crippen molar-refractivity contribution >= 4 is 17.2 Å². The minimum absolute atomic E-state index is 0.0990. The van der Waals surface area contributed by atoms with Crippen molar-refractivity contribution in [1.82, 2.24) is 9.97 Å². The maximum atomic E-state index is 5.72. The van der Waals surface area contributed by atoms with Gasteiger partial charge in [0, 0.05) is 12.4 Å². The fourth-order valence-electron chi connectivity index (χ4n) is 1.58. The van der Waals surface area contributed by atoms with Crippen LogP contribution in [0, 0.1) is 0 Å². The molecule has 0 fully saturated rings. The Labute approximate surface area is 121 Å². The molecule has 0 bridgehead atoms. The SMILES string of the molecule is COc1cccc(OC)c1Oc1nccnc1C(N)=S. The maximum absolute atomic E-state index is 5.72. The van der Waals surface area contributed by atoms with E-state index in [2.05, 4.69) is 9.97 Å². The van der Waals surface area contributed by atoms with Gasteiger partial charge in [0.2, 0.25) is 11.6 Å². The molecule has 0 aliphatic rings. The predicted octanol–water partition coefficient (Wildman–Crippen LogP) is 1.92. The fourth-order valence-corrected chi connectivity index (χ4v) is 1.72. The van der Waals surface area contributed by atoms with Crippen LogP contribution in [-0.4, -0.2) is 29.2 Å². The Bertz CT molecular complexity index is 612. The first-order valence-corrected chi connectivity index (χ1v) is 6.08. The summed E-state index contributed by atoms with van der Waals surface area (Å²) in [6, 6.07) is 5.28. The number of aromatic nitrogens is 2. The third-order valence-electron chi connectivity index (χ3n) is 2.48. The van der Waals surface area contributed by atoms with Gasteiger partial charge in [-0.05, 0) is 12.1 Å². The highest BCUT2D eigenvalue weighted by molar-refractivity contribution is 7.80. The molecule has 104 valence electrons. The van der Waals surface area contributed by atoms with Crippen molar-refractivity contribution in [1.29, 1.82) is 0 Å². The van der Waals surface area contributed by atoms with Crippen molar-refractivity contribution in [3.8, 4) is 23.1 Å². The lowest BCUT2D eigenvalue weighted by atomic mass is 10.3. The van der Waals surface area contributed by atoms with Crippen LogP contribution in [0.1, 0.15) is 5.69 Å². The lowest BCUT2D eigenvalue weighted by Crippen LogP contribution is -2.13. The van der Waals surface area contributed by atoms with Crippen LogP contribution in [0.15, 0.2) is 30.6 Å². The van der Waals surface area contributed by atoms with Crippen LogP contribution in [-0.2, 0) is 0 Å². The quantitative estimate of drug-likeness (QED) is 0.843. The van der Waals surface area contributed by atoms with E-state index in [9.17, 15) is 0 Å². The predicted molar refractivity (Wildman–Crippen MR) is 77.5 cm³/mol. The molecule has 20 heavy (non-hydrogen) atoms. The molecular weight excluding hydrogens is 278 g/mol. The van der Waals surface area contributed by atoms with E-state index >= 15 is 0 Å². The smallest absolute Gasteiger partial charge is 0.248 e. The number of methoxy groups -OCH3 is 2. The lowest BCUT2D eigenvalue weighted by Gasteiger charge is -2.14. The maximum Gasteiger partial charge on any atom is 0.248 e. The molecule has 0 aliphatic heterocycles. The number of para-hydroxylation sites is 1. The van der Waals surface area contributed by atoms with Gasteiger partial charge >= 0.3 is 0 Å². The van der Waals surface area contributed by atoms with Crippen LogP contribution < -0.4 is 19.9 Å². The third-order valence-corrected chi connectivity index (χ3v) is 2.67. The summed E-state index contributed by atoms with van der Waals surface area (Å²) in [5.41, 5.74) is 5.90. The van der Waals surface area contributed by atoms with Crippen molar-refractivity contribution in [2.45, 2.75) is 0 Å². The molecule has 1 aromatic heterocycles. The largest absolute Gasteiger partial charge is 0.493 e. The highest BCUT2D eigenvalue weighted by atomic mass is 32.1. The first-order chi connectivity index (χ1) is 9.67. The molecule has 0 spiro atoms. The molecule has 1 aromatic carbocycles. The first-order valence-electron chi connectivity index (χ1n) is 5.67. The topological polar surface area (TPSA) is 79.5 Å². The van der Waals surface area contributed by atoms with Gasteiger partial charge in [-0.15, -0.1) is 0 Å². The van der Waals surface area contributed by atoms with E-state index in [1.54, 1.807) is 18.2 Å². The van der Waals surface area contributed by atoms with Crippen LogP contribution in [0.2, 0.25) is 0 Å². The second-order valence-corrected chi connectivity index (χ2v) is 4.11. The highest BCUT2D eigenvalue weighted by Gasteiger charge is 2.16. The molecule has 2 N–H and O–H groups in total. The van der Waals surface area contributed by atoms with Gasteiger partial charge < -0.3 is 19.9 Å². The second-order valence-electron chi connectivity index (χ2n) is 3.67. The third kappa shape index (κ3) is 2.77. The first kappa shape index (κ1) is 14.0. The van der Waals surface area contributed by atoms with E-state index in [-0.39, 0.29) is 10.9 Å². The Morgan fingerprint density at radius 2 is 1.70 bits per heavy atom. The molecule has 2 aromatic rings. The summed E-state index contributed by atoms with van der Waals surface area (Å²) < 4.78 is 16.2. The van der Waals surface area contributed by atoms with Crippen molar-refractivity contribution in [3.05, 3.63) is 36.3 Å². The summed E-state index contributed by atoms with van der Waals surface area (Å²) in [6.45, 7) is 0. The molecule has 1 heterocycles. The van der Waals surface area contributed by atoms with E-state index in [1.807, 2.05) is 0 Å². The summed E-state index contributed by atoms with van der Waals surface area (Å²) in [7, 11) is 3.07. The number of hydrogen-bond acceptors (Lipinski definition) is 6. The second kappa shape index (κ2) is 6.16. The molecule has 7 heteroatoms. The lowest BCUT2D eigenvalue weighted by molar-refractivity contribution is 0.341. The van der Waals surface area contributed by atoms with E-state index < -0.39 is 0 Å². The Balaban J connectivity index is 2.47. The minimum atomic E-state index is 0.0990. The Morgan fingerprint density at radius 3 is 2.25 bits per heavy atom. The summed E-state index contributed by atoms with van der Waals surface area (Å²) in [5, 5.41) is 0. The van der Waals surface area contributed by atoms with E-state index in [4.69, 9.17) is 32.2 Å². The Hall–Kier alpha value is -2.41. The summed E-state index contributed by atoms with van der Waals surface area (Å²) in [5.74, 6) is 1.59. The molecule has 0 aliphatic carbocycles. The van der Waals surface area contributed by atoms with Crippen molar-refractivity contribution in [2.75, 3.05) is 14.2 Å². The van der Waals surface area contributed by atoms with Gasteiger partial charge in [0.05, 0.1) is 14.2 Å². The minimum Gasteiger partial charge on any atom is -0.493 e. The van der Waals surface area contributed by atoms with Crippen LogP contribution in [0.4, 0.5) is 0 Å².